The Labute approximate surface area is 213 Å². The van der Waals surface area contributed by atoms with E-state index >= 15 is 0 Å². The topological polar surface area (TPSA) is 105 Å². The lowest BCUT2D eigenvalue weighted by atomic mass is 9.80. The summed E-state index contributed by atoms with van der Waals surface area (Å²) >= 11 is 0. The number of carbonyl (C=O) groups excluding carboxylic acids is 2. The number of esters is 2. The Bertz CT molecular complexity index is 1150. The van der Waals surface area contributed by atoms with Crippen LogP contribution in [0, 0.1) is 40.5 Å². The maximum atomic E-state index is 12.4. The minimum atomic E-state index is -0.500. The summed E-state index contributed by atoms with van der Waals surface area (Å²) in [4.78, 5) is 24.8. The quantitative estimate of drug-likeness (QED) is 0.514. The van der Waals surface area contributed by atoms with E-state index in [0.29, 0.717) is 34.7 Å². The maximum absolute atomic E-state index is 12.4. The van der Waals surface area contributed by atoms with Gasteiger partial charge >= 0.3 is 11.9 Å². The van der Waals surface area contributed by atoms with Gasteiger partial charge in [0.15, 0.2) is 0 Å². The Balaban J connectivity index is 0.000000380. The summed E-state index contributed by atoms with van der Waals surface area (Å²) in [6, 6.07) is 7.67. The molecule has 36 heavy (non-hydrogen) atoms. The second-order valence-corrected chi connectivity index (χ2v) is 9.27. The van der Waals surface area contributed by atoms with Crippen molar-refractivity contribution in [2.45, 2.75) is 54.9 Å². The number of aryl methyl sites for hydroxylation is 5. The van der Waals surface area contributed by atoms with Gasteiger partial charge in [-0.25, -0.2) is 9.59 Å². The Hall–Kier alpha value is -3.74. The molecule has 0 radical (unpaired) electrons. The lowest BCUT2D eigenvalue weighted by Crippen LogP contribution is -2.34. The van der Waals surface area contributed by atoms with E-state index in [-0.39, 0.29) is 5.75 Å². The van der Waals surface area contributed by atoms with E-state index in [4.69, 9.17) is 9.47 Å². The first-order valence-corrected chi connectivity index (χ1v) is 11.7. The smallest absolute Gasteiger partial charge is 0.336 e. The third kappa shape index (κ3) is 6.27. The number of hydrogen-bond donors (Lipinski definition) is 3. The van der Waals surface area contributed by atoms with Crippen molar-refractivity contribution < 1.29 is 29.3 Å². The summed E-state index contributed by atoms with van der Waals surface area (Å²) in [5, 5.41) is 22.4. The van der Waals surface area contributed by atoms with Crippen molar-refractivity contribution in [2.24, 2.45) is 5.92 Å². The van der Waals surface area contributed by atoms with Crippen LogP contribution in [0.15, 0.2) is 46.8 Å². The molecule has 7 heteroatoms. The van der Waals surface area contributed by atoms with E-state index in [0.717, 1.165) is 27.8 Å². The highest BCUT2D eigenvalue weighted by Crippen LogP contribution is 2.35. The van der Waals surface area contributed by atoms with Crippen molar-refractivity contribution >= 4 is 11.9 Å². The molecule has 0 aliphatic carbocycles. The van der Waals surface area contributed by atoms with E-state index < -0.39 is 17.9 Å². The second-order valence-electron chi connectivity index (χ2n) is 9.27. The fourth-order valence-corrected chi connectivity index (χ4v) is 4.67. The third-order valence-corrected chi connectivity index (χ3v) is 6.32. The maximum Gasteiger partial charge on any atom is 0.336 e. The molecule has 7 nitrogen and oxygen atoms in total. The van der Waals surface area contributed by atoms with Crippen molar-refractivity contribution in [3.05, 3.63) is 80.2 Å². The number of carbonyl (C=O) groups is 2. The van der Waals surface area contributed by atoms with Crippen LogP contribution in [0.1, 0.15) is 47.2 Å². The number of allylic oxidation sites excluding steroid dienone is 2. The van der Waals surface area contributed by atoms with Gasteiger partial charge in [-0.05, 0) is 82.7 Å². The number of phenols is 2. The molecule has 3 rings (SSSR count). The number of aromatic hydroxyl groups is 2. The van der Waals surface area contributed by atoms with Crippen molar-refractivity contribution in [2.75, 3.05) is 14.2 Å². The van der Waals surface area contributed by atoms with Crippen molar-refractivity contribution in [3.63, 3.8) is 0 Å². The molecule has 0 saturated carbocycles. The normalized spacial score (nSPS) is 13.6. The summed E-state index contributed by atoms with van der Waals surface area (Å²) < 4.78 is 9.88. The number of benzene rings is 2. The molecule has 2 aromatic carbocycles. The van der Waals surface area contributed by atoms with Gasteiger partial charge in [-0.15, -0.1) is 0 Å². The van der Waals surface area contributed by atoms with Crippen molar-refractivity contribution in [1.82, 2.24) is 5.32 Å². The zero-order chi connectivity index (χ0) is 27.3. The van der Waals surface area contributed by atoms with Crippen LogP contribution in [0.4, 0.5) is 0 Å². The number of rotatable bonds is 4. The highest BCUT2D eigenvalue weighted by Gasteiger charge is 2.36. The molecule has 1 aliphatic heterocycles. The van der Waals surface area contributed by atoms with Gasteiger partial charge in [0.05, 0.1) is 25.4 Å². The SMILES string of the molecule is COC(=O)C1=C(C)NC(C)=C(C(=O)OC)C1Cc1cc(C)c(O)c(C)c1.Cc1cc(C)c(O)c(C)c1. The molecule has 1 heterocycles. The van der Waals surface area contributed by atoms with Crippen LogP contribution in [-0.2, 0) is 25.5 Å². The molecule has 0 saturated heterocycles. The molecule has 0 amide bonds. The molecule has 3 N–H and O–H groups in total. The van der Waals surface area contributed by atoms with Crippen molar-refractivity contribution in [3.8, 4) is 11.5 Å². The number of hydrogen-bond acceptors (Lipinski definition) is 7. The Kier molecular flexibility index (Phi) is 9.34. The molecule has 0 spiro atoms. The van der Waals surface area contributed by atoms with Crippen LogP contribution in [0.25, 0.3) is 0 Å². The number of nitrogens with one attached hydrogen (secondary N) is 1. The molecular weight excluding hydrogens is 458 g/mol. The van der Waals surface area contributed by atoms with Gasteiger partial charge in [0.25, 0.3) is 0 Å². The molecule has 0 aromatic heterocycles. The Morgan fingerprint density at radius 1 is 0.722 bits per heavy atom. The van der Waals surface area contributed by atoms with Gasteiger partial charge in [-0.2, -0.15) is 0 Å². The molecule has 194 valence electrons. The van der Waals surface area contributed by atoms with Crippen molar-refractivity contribution in [1.29, 1.82) is 0 Å². The monoisotopic (exact) mass is 495 g/mol. The van der Waals surface area contributed by atoms with Gasteiger partial charge in [0.2, 0.25) is 0 Å². The minimum absolute atomic E-state index is 0.249. The summed E-state index contributed by atoms with van der Waals surface area (Å²) in [6.07, 6.45) is 0.410. The molecule has 0 atom stereocenters. The zero-order valence-electron chi connectivity index (χ0n) is 22.6. The summed E-state index contributed by atoms with van der Waals surface area (Å²) in [6.45, 7) is 13.1. The highest BCUT2D eigenvalue weighted by atomic mass is 16.5. The van der Waals surface area contributed by atoms with Crippen LogP contribution in [-0.4, -0.2) is 36.4 Å². The first kappa shape index (κ1) is 28.5. The van der Waals surface area contributed by atoms with E-state index in [1.807, 2.05) is 58.9 Å². The molecule has 1 aliphatic rings. The lowest BCUT2D eigenvalue weighted by molar-refractivity contribution is -0.137. The number of methoxy groups -OCH3 is 2. The average molecular weight is 496 g/mol. The largest absolute Gasteiger partial charge is 0.507 e. The predicted molar refractivity (Wildman–Crippen MR) is 140 cm³/mol. The summed E-state index contributed by atoms with van der Waals surface area (Å²) in [5.74, 6) is -0.800. The summed E-state index contributed by atoms with van der Waals surface area (Å²) in [5.41, 5.74) is 7.63. The Morgan fingerprint density at radius 3 is 1.44 bits per heavy atom. The molecule has 2 aromatic rings. The first-order valence-electron chi connectivity index (χ1n) is 11.7. The van der Waals surface area contributed by atoms with Gasteiger partial charge < -0.3 is 25.0 Å². The van der Waals surface area contributed by atoms with E-state index in [1.165, 1.54) is 19.8 Å². The minimum Gasteiger partial charge on any atom is -0.507 e. The number of phenolic OH excluding ortho intramolecular Hbond substituents is 2. The molecule has 0 fully saturated rings. The molecule has 0 bridgehead atoms. The first-order chi connectivity index (χ1) is 16.8. The van der Waals surface area contributed by atoms with Gasteiger partial charge in [-0.3, -0.25) is 0 Å². The Morgan fingerprint density at radius 2 is 1.08 bits per heavy atom. The second kappa shape index (κ2) is 11.8. The van der Waals surface area contributed by atoms with Crippen LogP contribution in [0.2, 0.25) is 0 Å². The summed E-state index contributed by atoms with van der Waals surface area (Å²) in [7, 11) is 2.63. The molecular formula is C29H37NO6. The van der Waals surface area contributed by atoms with Crippen LogP contribution in [0.3, 0.4) is 0 Å². The van der Waals surface area contributed by atoms with E-state index in [2.05, 4.69) is 5.32 Å². The van der Waals surface area contributed by atoms with E-state index in [9.17, 15) is 19.8 Å². The van der Waals surface area contributed by atoms with Crippen LogP contribution in [0.5, 0.6) is 11.5 Å². The average Bonchev–Trinajstić information content (AvgIpc) is 2.80. The van der Waals surface area contributed by atoms with Crippen LogP contribution >= 0.6 is 0 Å². The third-order valence-electron chi connectivity index (χ3n) is 6.32. The predicted octanol–water partition coefficient (Wildman–Crippen LogP) is 4.98. The van der Waals surface area contributed by atoms with Crippen LogP contribution < -0.4 is 5.32 Å². The number of dihydropyridines is 1. The fraction of sp³-hybridized carbons (Fsp3) is 0.379. The van der Waals surface area contributed by atoms with E-state index in [1.54, 1.807) is 13.8 Å². The van der Waals surface area contributed by atoms with Gasteiger partial charge in [-0.1, -0.05) is 29.8 Å². The fourth-order valence-electron chi connectivity index (χ4n) is 4.67. The van der Waals surface area contributed by atoms with Gasteiger partial charge in [0, 0.05) is 17.3 Å². The molecule has 0 unspecified atom stereocenters. The highest BCUT2D eigenvalue weighted by molar-refractivity contribution is 5.97. The zero-order valence-corrected chi connectivity index (χ0v) is 22.6. The lowest BCUT2D eigenvalue weighted by Gasteiger charge is -2.30. The van der Waals surface area contributed by atoms with Gasteiger partial charge in [0.1, 0.15) is 11.5 Å². The number of ether oxygens (including phenoxy) is 2. The standard InChI is InChI=1S/C20H25NO5.C9H12O/c1-10-7-14(8-11(2)18(10)22)9-15-16(19(23)25-5)12(3)21-13(4)17(15)20(24)26-6;1-6-4-7(2)9(10)8(3)5-6/h7-8,15,21-22H,9H2,1-6H3;4-5,10H,1-3H3.